The minimum Gasteiger partial charge on any atom is -0.496 e. The summed E-state index contributed by atoms with van der Waals surface area (Å²) >= 11 is 0. The van der Waals surface area contributed by atoms with E-state index in [-0.39, 0.29) is 5.43 Å². The maximum Gasteiger partial charge on any atom is 0.338 e. The molecule has 0 aliphatic rings. The van der Waals surface area contributed by atoms with E-state index in [1.54, 1.807) is 43.3 Å². The third kappa shape index (κ3) is 3.26. The molecule has 0 fully saturated rings. The van der Waals surface area contributed by atoms with Crippen LogP contribution in [-0.4, -0.2) is 26.8 Å². The van der Waals surface area contributed by atoms with Gasteiger partial charge in [0.25, 0.3) is 0 Å². The summed E-state index contributed by atoms with van der Waals surface area (Å²) in [6.07, 6.45) is 0. The van der Waals surface area contributed by atoms with Crippen LogP contribution in [0.15, 0.2) is 51.7 Å². The van der Waals surface area contributed by atoms with Crippen molar-refractivity contribution in [1.29, 1.82) is 0 Å². The number of hydrogen-bond acceptors (Lipinski definition) is 6. The summed E-state index contributed by atoms with van der Waals surface area (Å²) in [6, 6.07) is 11.3. The number of benzene rings is 2. The van der Waals surface area contributed by atoms with E-state index in [0.29, 0.717) is 46.0 Å². The molecule has 0 saturated heterocycles. The molecule has 3 rings (SSSR count). The van der Waals surface area contributed by atoms with Gasteiger partial charge in [-0.2, -0.15) is 0 Å². The summed E-state index contributed by atoms with van der Waals surface area (Å²) in [5, 5.41) is 0.347. The van der Waals surface area contributed by atoms with Crippen molar-refractivity contribution in [3.05, 3.63) is 58.3 Å². The standard InChI is InChI=1S/C20H18O6/c1-4-25-20(22)13-7-5-12(6-8-13)16-11-15(21)19-17(24-3)9-14(23-2)10-18(19)26-16/h5-11H,4H2,1-3H3. The van der Waals surface area contributed by atoms with Gasteiger partial charge in [0, 0.05) is 23.8 Å². The molecule has 0 radical (unpaired) electrons. The van der Waals surface area contributed by atoms with Gasteiger partial charge in [-0.25, -0.2) is 4.79 Å². The Kier molecular flexibility index (Phi) is 4.93. The molecule has 134 valence electrons. The van der Waals surface area contributed by atoms with Crippen molar-refractivity contribution in [2.24, 2.45) is 0 Å². The van der Waals surface area contributed by atoms with Crippen molar-refractivity contribution in [3.8, 4) is 22.8 Å². The SMILES string of the molecule is CCOC(=O)c1ccc(-c2cc(=O)c3c(OC)cc(OC)cc3o2)cc1. The third-order valence-corrected chi connectivity index (χ3v) is 3.90. The van der Waals surface area contributed by atoms with Crippen LogP contribution < -0.4 is 14.9 Å². The van der Waals surface area contributed by atoms with E-state index in [9.17, 15) is 9.59 Å². The Labute approximate surface area is 149 Å². The van der Waals surface area contributed by atoms with Crippen LogP contribution in [0.1, 0.15) is 17.3 Å². The molecule has 0 atom stereocenters. The first-order valence-corrected chi connectivity index (χ1v) is 8.04. The van der Waals surface area contributed by atoms with Crippen LogP contribution in [0.5, 0.6) is 11.5 Å². The number of rotatable bonds is 5. The van der Waals surface area contributed by atoms with Crippen LogP contribution in [0.4, 0.5) is 0 Å². The van der Waals surface area contributed by atoms with Gasteiger partial charge in [0.15, 0.2) is 5.43 Å². The van der Waals surface area contributed by atoms with E-state index in [2.05, 4.69) is 0 Å². The fourth-order valence-electron chi connectivity index (χ4n) is 2.63. The predicted molar refractivity (Wildman–Crippen MR) is 97.0 cm³/mol. The number of carbonyl (C=O) groups excluding carboxylic acids is 1. The highest BCUT2D eigenvalue weighted by Gasteiger charge is 2.14. The van der Waals surface area contributed by atoms with Gasteiger partial charge in [-0.15, -0.1) is 0 Å². The van der Waals surface area contributed by atoms with Gasteiger partial charge < -0.3 is 18.6 Å². The normalized spacial score (nSPS) is 10.6. The lowest BCUT2D eigenvalue weighted by Gasteiger charge is -2.09. The zero-order valence-electron chi connectivity index (χ0n) is 14.7. The lowest BCUT2D eigenvalue weighted by Crippen LogP contribution is -2.05. The fraction of sp³-hybridized carbons (Fsp3) is 0.200. The number of carbonyl (C=O) groups is 1. The molecule has 6 heteroatoms. The van der Waals surface area contributed by atoms with Crippen molar-refractivity contribution in [2.75, 3.05) is 20.8 Å². The molecule has 1 heterocycles. The number of esters is 1. The number of ether oxygens (including phenoxy) is 3. The van der Waals surface area contributed by atoms with Gasteiger partial charge in [-0.1, -0.05) is 12.1 Å². The Hall–Kier alpha value is -3.28. The first-order valence-electron chi connectivity index (χ1n) is 8.04. The minimum absolute atomic E-state index is 0.227. The molecule has 0 spiro atoms. The molecule has 0 N–H and O–H groups in total. The lowest BCUT2D eigenvalue weighted by molar-refractivity contribution is 0.0526. The van der Waals surface area contributed by atoms with Crippen molar-refractivity contribution < 1.29 is 23.4 Å². The highest BCUT2D eigenvalue weighted by Crippen LogP contribution is 2.31. The quantitative estimate of drug-likeness (QED) is 0.651. The van der Waals surface area contributed by atoms with E-state index >= 15 is 0 Å². The first-order chi connectivity index (χ1) is 12.6. The molecular weight excluding hydrogens is 336 g/mol. The number of hydrogen-bond donors (Lipinski definition) is 0. The highest BCUT2D eigenvalue weighted by atomic mass is 16.5. The van der Waals surface area contributed by atoms with Gasteiger partial charge in [-0.3, -0.25) is 4.79 Å². The molecular formula is C20H18O6. The van der Waals surface area contributed by atoms with Gasteiger partial charge in [-0.05, 0) is 19.1 Å². The molecule has 26 heavy (non-hydrogen) atoms. The molecule has 6 nitrogen and oxygen atoms in total. The second kappa shape index (κ2) is 7.31. The van der Waals surface area contributed by atoms with E-state index in [1.807, 2.05) is 0 Å². The molecule has 0 amide bonds. The van der Waals surface area contributed by atoms with Gasteiger partial charge in [0.1, 0.15) is 28.2 Å². The zero-order valence-corrected chi connectivity index (χ0v) is 14.7. The Morgan fingerprint density at radius 3 is 2.38 bits per heavy atom. The predicted octanol–water partition coefficient (Wildman–Crippen LogP) is 3.65. The Morgan fingerprint density at radius 2 is 1.77 bits per heavy atom. The molecule has 0 bridgehead atoms. The van der Waals surface area contributed by atoms with Crippen LogP contribution in [0.25, 0.3) is 22.3 Å². The summed E-state index contributed by atoms with van der Waals surface area (Å²) in [6.45, 7) is 2.06. The fourth-order valence-corrected chi connectivity index (χ4v) is 2.63. The topological polar surface area (TPSA) is 75.0 Å². The highest BCUT2D eigenvalue weighted by molar-refractivity contribution is 5.90. The van der Waals surface area contributed by atoms with E-state index in [0.717, 1.165) is 0 Å². The average Bonchev–Trinajstić information content (AvgIpc) is 2.67. The second-order valence-electron chi connectivity index (χ2n) is 5.48. The molecule has 3 aromatic rings. The van der Waals surface area contributed by atoms with Crippen molar-refractivity contribution in [1.82, 2.24) is 0 Å². The number of fused-ring (bicyclic) bond motifs is 1. The van der Waals surface area contributed by atoms with Crippen LogP contribution in [0, 0.1) is 0 Å². The van der Waals surface area contributed by atoms with Crippen molar-refractivity contribution in [3.63, 3.8) is 0 Å². The smallest absolute Gasteiger partial charge is 0.338 e. The van der Waals surface area contributed by atoms with E-state index in [1.165, 1.54) is 20.3 Å². The van der Waals surface area contributed by atoms with Crippen molar-refractivity contribution in [2.45, 2.75) is 6.92 Å². The summed E-state index contributed by atoms with van der Waals surface area (Å²) in [5.41, 5.74) is 1.23. The monoisotopic (exact) mass is 354 g/mol. The summed E-state index contributed by atoms with van der Waals surface area (Å²) in [4.78, 5) is 24.3. The van der Waals surface area contributed by atoms with E-state index in [4.69, 9.17) is 18.6 Å². The molecule has 0 unspecified atom stereocenters. The molecule has 2 aromatic carbocycles. The van der Waals surface area contributed by atoms with Gasteiger partial charge >= 0.3 is 5.97 Å². The maximum absolute atomic E-state index is 12.6. The first kappa shape index (κ1) is 17.5. The summed E-state index contributed by atoms with van der Waals surface area (Å²) in [7, 11) is 3.01. The maximum atomic E-state index is 12.6. The zero-order chi connectivity index (χ0) is 18.7. The van der Waals surface area contributed by atoms with Crippen LogP contribution >= 0.6 is 0 Å². The lowest BCUT2D eigenvalue weighted by atomic mass is 10.1. The Morgan fingerprint density at radius 1 is 1.04 bits per heavy atom. The van der Waals surface area contributed by atoms with Crippen molar-refractivity contribution >= 4 is 16.9 Å². The van der Waals surface area contributed by atoms with Crippen LogP contribution in [-0.2, 0) is 4.74 Å². The number of methoxy groups -OCH3 is 2. The molecule has 0 aliphatic carbocycles. The van der Waals surface area contributed by atoms with Gasteiger partial charge in [0.05, 0.1) is 26.4 Å². The molecule has 0 saturated carbocycles. The summed E-state index contributed by atoms with van der Waals surface area (Å²) < 4.78 is 21.3. The average molecular weight is 354 g/mol. The minimum atomic E-state index is -0.395. The largest absolute Gasteiger partial charge is 0.496 e. The molecule has 1 aromatic heterocycles. The Balaban J connectivity index is 2.08. The van der Waals surface area contributed by atoms with E-state index < -0.39 is 5.97 Å². The van der Waals surface area contributed by atoms with Crippen LogP contribution in [0.3, 0.4) is 0 Å². The second-order valence-corrected chi connectivity index (χ2v) is 5.48. The van der Waals surface area contributed by atoms with Gasteiger partial charge in [0.2, 0.25) is 0 Å². The Bertz CT molecular complexity index is 1000. The van der Waals surface area contributed by atoms with Crippen LogP contribution in [0.2, 0.25) is 0 Å². The third-order valence-electron chi connectivity index (χ3n) is 3.90. The summed E-state index contributed by atoms with van der Waals surface area (Å²) in [5.74, 6) is 0.895. The molecule has 0 aliphatic heterocycles.